The molecule has 140 valence electrons. The molecule has 1 N–H and O–H groups in total. The second-order valence-corrected chi connectivity index (χ2v) is 7.35. The topological polar surface area (TPSA) is 90.0 Å². The van der Waals surface area contributed by atoms with E-state index in [4.69, 9.17) is 0 Å². The Balaban J connectivity index is 2.11. The van der Waals surface area contributed by atoms with Crippen molar-refractivity contribution in [1.29, 1.82) is 0 Å². The lowest BCUT2D eigenvalue weighted by molar-refractivity contribution is 0.527. The van der Waals surface area contributed by atoms with Crippen molar-refractivity contribution >= 4 is 16.9 Å². The maximum atomic E-state index is 12.6. The molecule has 0 unspecified atom stereocenters. The molecule has 0 aliphatic heterocycles. The number of aryl methyl sites for hydroxylation is 3. The molecule has 0 bridgehead atoms. The smallest absolute Gasteiger partial charge is 0.302 e. The van der Waals surface area contributed by atoms with Gasteiger partial charge in [0, 0.05) is 19.2 Å². The molecule has 0 radical (unpaired) electrons. The first kappa shape index (κ1) is 17.3. The quantitative estimate of drug-likeness (QED) is 0.599. The number of imidazole rings is 1. The molecule has 0 atom stereocenters. The summed E-state index contributed by atoms with van der Waals surface area (Å²) in [5, 5.41) is 8.71. The predicted octanol–water partition coefficient (Wildman–Crippen LogP) is 2.09. The summed E-state index contributed by atoms with van der Waals surface area (Å²) in [7, 11) is 1.64. The highest BCUT2D eigenvalue weighted by Crippen LogP contribution is 2.25. The number of nitrogens with zero attached hydrogens (tertiary/aromatic N) is 5. The maximum absolute atomic E-state index is 12.6. The molecule has 0 saturated heterocycles. The summed E-state index contributed by atoms with van der Waals surface area (Å²) < 4.78 is 5.10. The van der Waals surface area contributed by atoms with Crippen LogP contribution < -0.4 is 11.2 Å². The summed E-state index contributed by atoms with van der Waals surface area (Å²) in [5.41, 5.74) is 2.10. The third-order valence-corrected chi connectivity index (χ3v) is 4.88. The number of H-pyrrole nitrogens is 1. The van der Waals surface area contributed by atoms with E-state index in [9.17, 15) is 9.59 Å². The Morgan fingerprint density at radius 2 is 1.81 bits per heavy atom. The summed E-state index contributed by atoms with van der Waals surface area (Å²) in [4.78, 5) is 27.3. The van der Waals surface area contributed by atoms with Crippen LogP contribution in [0.1, 0.15) is 25.8 Å². The van der Waals surface area contributed by atoms with Crippen LogP contribution in [-0.4, -0.2) is 28.7 Å². The van der Waals surface area contributed by atoms with Crippen molar-refractivity contribution in [3.8, 4) is 11.4 Å². The number of aromatic nitrogens is 6. The molecular weight excluding hydrogens is 344 g/mol. The van der Waals surface area contributed by atoms with Gasteiger partial charge in [-0.2, -0.15) is 0 Å². The minimum Gasteiger partial charge on any atom is -0.302 e. The fourth-order valence-electron chi connectivity index (χ4n) is 3.33. The van der Waals surface area contributed by atoms with Crippen LogP contribution in [-0.2, 0) is 13.6 Å². The molecule has 4 aromatic rings. The van der Waals surface area contributed by atoms with Crippen LogP contribution in [0.15, 0.2) is 33.9 Å². The summed E-state index contributed by atoms with van der Waals surface area (Å²) in [6, 6.07) is 7.93. The van der Waals surface area contributed by atoms with E-state index in [1.54, 1.807) is 11.4 Å². The minimum atomic E-state index is -0.459. The minimum absolute atomic E-state index is 0.405. The van der Waals surface area contributed by atoms with Crippen LogP contribution in [0.2, 0.25) is 0 Å². The van der Waals surface area contributed by atoms with Gasteiger partial charge in [-0.3, -0.25) is 14.3 Å². The average molecular weight is 366 g/mol. The Labute approximate surface area is 155 Å². The van der Waals surface area contributed by atoms with Gasteiger partial charge in [-0.05, 0) is 19.3 Å². The summed E-state index contributed by atoms with van der Waals surface area (Å²) in [5.74, 6) is 1.64. The maximum Gasteiger partial charge on any atom is 0.329 e. The molecule has 0 spiro atoms. The number of hydrogen-bond acceptors (Lipinski definition) is 4. The highest BCUT2D eigenvalue weighted by atomic mass is 16.2. The predicted molar refractivity (Wildman–Crippen MR) is 104 cm³/mol. The number of benzene rings is 1. The molecule has 0 saturated carbocycles. The van der Waals surface area contributed by atoms with E-state index in [1.165, 1.54) is 4.57 Å². The van der Waals surface area contributed by atoms with E-state index >= 15 is 0 Å². The lowest BCUT2D eigenvalue weighted by Gasteiger charge is -2.07. The van der Waals surface area contributed by atoms with Gasteiger partial charge < -0.3 is 4.57 Å². The summed E-state index contributed by atoms with van der Waals surface area (Å²) in [6.07, 6.45) is 0.883. The van der Waals surface area contributed by atoms with Gasteiger partial charge >= 0.3 is 5.69 Å². The lowest BCUT2D eigenvalue weighted by Crippen LogP contribution is -2.29. The molecule has 3 aromatic heterocycles. The number of aromatic amines is 1. The highest BCUT2D eigenvalue weighted by molar-refractivity contribution is 5.79. The molecule has 0 fully saturated rings. The Morgan fingerprint density at radius 1 is 1.11 bits per heavy atom. The van der Waals surface area contributed by atoms with Crippen molar-refractivity contribution in [3.05, 3.63) is 50.7 Å². The van der Waals surface area contributed by atoms with E-state index in [0.717, 1.165) is 17.5 Å². The first-order chi connectivity index (χ1) is 12.9. The zero-order valence-corrected chi connectivity index (χ0v) is 15.9. The van der Waals surface area contributed by atoms with Crippen molar-refractivity contribution in [2.45, 2.75) is 33.7 Å². The van der Waals surface area contributed by atoms with Gasteiger partial charge in [0.25, 0.3) is 5.56 Å². The van der Waals surface area contributed by atoms with Crippen molar-refractivity contribution in [2.75, 3.05) is 0 Å². The molecule has 8 heteroatoms. The zero-order valence-electron chi connectivity index (χ0n) is 15.9. The van der Waals surface area contributed by atoms with Gasteiger partial charge in [-0.1, -0.05) is 43.7 Å². The highest BCUT2D eigenvalue weighted by Gasteiger charge is 2.22. The van der Waals surface area contributed by atoms with E-state index in [2.05, 4.69) is 29.0 Å². The van der Waals surface area contributed by atoms with E-state index in [-0.39, 0.29) is 0 Å². The van der Waals surface area contributed by atoms with Crippen LogP contribution in [0.3, 0.4) is 0 Å². The van der Waals surface area contributed by atoms with Gasteiger partial charge in [-0.15, -0.1) is 10.2 Å². The van der Waals surface area contributed by atoms with E-state index < -0.39 is 11.2 Å². The third-order valence-electron chi connectivity index (χ3n) is 4.88. The second kappa shape index (κ2) is 6.22. The molecule has 3 heterocycles. The zero-order chi connectivity index (χ0) is 19.3. The first-order valence-electron chi connectivity index (χ1n) is 9.02. The van der Waals surface area contributed by atoms with Crippen LogP contribution in [0, 0.1) is 12.8 Å². The Bertz CT molecular complexity index is 1250. The summed E-state index contributed by atoms with van der Waals surface area (Å²) >= 11 is 0. The van der Waals surface area contributed by atoms with Crippen LogP contribution in [0.25, 0.3) is 28.3 Å². The van der Waals surface area contributed by atoms with Crippen molar-refractivity contribution in [2.24, 2.45) is 13.0 Å². The Hall–Kier alpha value is -3.16. The number of hydrogen-bond donors (Lipinski definition) is 1. The van der Waals surface area contributed by atoms with Crippen molar-refractivity contribution in [1.82, 2.24) is 28.7 Å². The summed E-state index contributed by atoms with van der Waals surface area (Å²) in [6.45, 7) is 6.90. The van der Waals surface area contributed by atoms with Gasteiger partial charge in [0.2, 0.25) is 5.78 Å². The molecule has 4 rings (SSSR count). The van der Waals surface area contributed by atoms with Gasteiger partial charge in [-0.25, -0.2) is 9.20 Å². The second-order valence-electron chi connectivity index (χ2n) is 7.35. The third kappa shape index (κ3) is 2.68. The lowest BCUT2D eigenvalue weighted by atomic mass is 10.1. The van der Waals surface area contributed by atoms with Crippen LogP contribution in [0.5, 0.6) is 0 Å². The van der Waals surface area contributed by atoms with Gasteiger partial charge in [0.1, 0.15) is 0 Å². The molecule has 0 aliphatic rings. The molecule has 8 nitrogen and oxygen atoms in total. The van der Waals surface area contributed by atoms with E-state index in [1.807, 2.05) is 35.8 Å². The largest absolute Gasteiger partial charge is 0.329 e. The SMILES string of the molecule is Cc1ccc(-c2nnc3n(CCC(C)C)c4c(=O)[nH]c(=O)n(C)c4n23)cc1. The fraction of sp³-hybridized carbons (Fsp3) is 0.368. The van der Waals surface area contributed by atoms with Crippen LogP contribution in [0.4, 0.5) is 0 Å². The van der Waals surface area contributed by atoms with Crippen molar-refractivity contribution in [3.63, 3.8) is 0 Å². The van der Waals surface area contributed by atoms with Gasteiger partial charge in [0.05, 0.1) is 0 Å². The standard InChI is InChI=1S/C19H22N6O2/c1-11(2)9-10-24-14-16(26)20-19(27)23(4)17(14)25-15(21-22-18(24)25)13-7-5-12(3)6-8-13/h5-8,11H,9-10H2,1-4H3,(H,20,26,27). The first-order valence-corrected chi connectivity index (χ1v) is 9.02. The fourth-order valence-corrected chi connectivity index (χ4v) is 3.33. The molecule has 1 aromatic carbocycles. The molecule has 27 heavy (non-hydrogen) atoms. The Morgan fingerprint density at radius 3 is 2.48 bits per heavy atom. The normalized spacial score (nSPS) is 11.9. The van der Waals surface area contributed by atoms with Gasteiger partial charge in [0.15, 0.2) is 17.0 Å². The number of nitrogens with one attached hydrogen (secondary N) is 1. The Kier molecular flexibility index (Phi) is 3.98. The van der Waals surface area contributed by atoms with E-state index in [0.29, 0.717) is 35.2 Å². The molecule has 0 aliphatic carbocycles. The monoisotopic (exact) mass is 366 g/mol. The van der Waals surface area contributed by atoms with Crippen molar-refractivity contribution < 1.29 is 0 Å². The average Bonchev–Trinajstić information content (AvgIpc) is 3.17. The molecule has 0 amide bonds. The molecular formula is C19H22N6O2. The number of rotatable bonds is 4. The van der Waals surface area contributed by atoms with Crippen LogP contribution >= 0.6 is 0 Å². The number of fused-ring (bicyclic) bond motifs is 3.